The predicted octanol–water partition coefficient (Wildman–Crippen LogP) is 0.0578. The first kappa shape index (κ1) is 13.9. The topological polar surface area (TPSA) is 39.8 Å². The molecule has 7 heteroatoms. The highest BCUT2D eigenvalue weighted by Gasteiger charge is 2.34. The van der Waals surface area contributed by atoms with Gasteiger partial charge < -0.3 is 15.2 Å². The van der Waals surface area contributed by atoms with Gasteiger partial charge in [-0.25, -0.2) is 9.34 Å². The van der Waals surface area contributed by atoms with E-state index in [4.69, 9.17) is 16.3 Å². The van der Waals surface area contributed by atoms with E-state index in [0.29, 0.717) is 6.61 Å². The minimum atomic E-state index is -1.95. The fourth-order valence-electron chi connectivity index (χ4n) is 2.32. The molecule has 2 N–H and O–H groups in total. The van der Waals surface area contributed by atoms with Crippen molar-refractivity contribution in [1.82, 2.24) is 20.0 Å². The van der Waals surface area contributed by atoms with Gasteiger partial charge in [-0.2, -0.15) is 0 Å². The van der Waals surface area contributed by atoms with Gasteiger partial charge in [0.1, 0.15) is 0 Å². The molecule has 2 heterocycles. The Bertz CT molecular complexity index is 257. The lowest BCUT2D eigenvalue weighted by Crippen LogP contribution is -2.49. The fraction of sp³-hybridized carbons (Fsp3) is 1.00. The molecule has 0 aliphatic carbocycles. The second-order valence-electron chi connectivity index (χ2n) is 4.32. The molecule has 0 unspecified atom stereocenters. The van der Waals surface area contributed by atoms with Crippen molar-refractivity contribution < 1.29 is 4.52 Å². The van der Waals surface area contributed by atoms with Crippen LogP contribution in [0, 0.1) is 0 Å². The van der Waals surface area contributed by atoms with Crippen molar-refractivity contribution in [3.63, 3.8) is 0 Å². The van der Waals surface area contributed by atoms with Gasteiger partial charge in [0.15, 0.2) is 0 Å². The van der Waals surface area contributed by atoms with E-state index in [1.807, 2.05) is 6.92 Å². The third kappa shape index (κ3) is 3.26. The molecule has 5 nitrogen and oxygen atoms in total. The summed E-state index contributed by atoms with van der Waals surface area (Å²) in [6, 6.07) is 0. The Balaban J connectivity index is 2.08. The zero-order chi connectivity index (χ0) is 12.1. The van der Waals surface area contributed by atoms with Crippen LogP contribution in [-0.2, 0) is 16.3 Å². The second-order valence-corrected chi connectivity index (χ2v) is 8.11. The molecule has 2 aliphatic heterocycles. The van der Waals surface area contributed by atoms with Crippen molar-refractivity contribution in [2.24, 2.45) is 0 Å². The van der Waals surface area contributed by atoms with Gasteiger partial charge in [0.25, 0.3) is 0 Å². The minimum Gasteiger partial charge on any atom is -0.327 e. The molecule has 0 aromatic carbocycles. The van der Waals surface area contributed by atoms with Gasteiger partial charge in [0.05, 0.1) is 6.61 Å². The summed E-state index contributed by atoms with van der Waals surface area (Å²) >= 11 is 5.93. The Morgan fingerprint density at radius 1 is 1.00 bits per heavy atom. The van der Waals surface area contributed by atoms with Gasteiger partial charge in [-0.05, 0) is 18.7 Å². The average molecular weight is 278 g/mol. The van der Waals surface area contributed by atoms with Crippen LogP contribution in [0.3, 0.4) is 0 Å². The summed E-state index contributed by atoms with van der Waals surface area (Å²) in [4.78, 5) is 0. The van der Waals surface area contributed by atoms with Gasteiger partial charge in [0.2, 0.25) is 6.57 Å². The molecule has 0 atom stereocenters. The number of rotatable bonds is 4. The molecule has 0 saturated carbocycles. The van der Waals surface area contributed by atoms with Crippen LogP contribution in [-0.4, -0.2) is 68.3 Å². The Morgan fingerprint density at radius 2 is 1.41 bits per heavy atom. The van der Waals surface area contributed by atoms with Gasteiger partial charge >= 0.3 is 0 Å². The van der Waals surface area contributed by atoms with E-state index in [2.05, 4.69) is 20.0 Å². The lowest BCUT2D eigenvalue weighted by molar-refractivity contribution is 0.238. The number of nitrogens with one attached hydrogen (secondary N) is 2. The Hall–Kier alpha value is 0.450. The molecule has 2 aliphatic rings. The molecule has 2 fully saturated rings. The second kappa shape index (κ2) is 6.57. The summed E-state index contributed by atoms with van der Waals surface area (Å²) in [5, 5.41) is 6.75. The molecule has 17 heavy (non-hydrogen) atoms. The first-order valence-corrected chi connectivity index (χ1v) is 9.07. The SMILES string of the molecule is CCOP(=S)(N1CCNCC1)N1CCNCC1. The standard InChI is InChI=1S/C10H23N4OPS/c1-2-15-16(17,13-7-3-11-4-8-13)14-9-5-12-6-10-14/h11-12H,2-10H2,1H3. The third-order valence-corrected chi connectivity index (χ3v) is 7.73. The summed E-state index contributed by atoms with van der Waals surface area (Å²) in [7, 11) is 0. The van der Waals surface area contributed by atoms with Crippen LogP contribution in [0.1, 0.15) is 6.92 Å². The van der Waals surface area contributed by atoms with Crippen molar-refractivity contribution in [2.45, 2.75) is 6.92 Å². The maximum Gasteiger partial charge on any atom is 0.203 e. The number of piperazine rings is 2. The molecule has 2 rings (SSSR count). The number of hydrogen-bond donors (Lipinski definition) is 2. The van der Waals surface area contributed by atoms with Crippen molar-refractivity contribution in [3.8, 4) is 0 Å². The van der Waals surface area contributed by atoms with Crippen LogP contribution in [0.4, 0.5) is 0 Å². The Labute approximate surface area is 109 Å². The zero-order valence-corrected chi connectivity index (χ0v) is 12.2. The lowest BCUT2D eigenvalue weighted by Gasteiger charge is -2.44. The van der Waals surface area contributed by atoms with E-state index in [-0.39, 0.29) is 0 Å². The van der Waals surface area contributed by atoms with E-state index in [1.165, 1.54) is 0 Å². The largest absolute Gasteiger partial charge is 0.327 e. The van der Waals surface area contributed by atoms with Gasteiger partial charge in [-0.3, -0.25) is 0 Å². The first-order valence-electron chi connectivity index (χ1n) is 6.44. The van der Waals surface area contributed by atoms with Crippen molar-refractivity contribution in [2.75, 3.05) is 59.0 Å². The van der Waals surface area contributed by atoms with Crippen molar-refractivity contribution in [1.29, 1.82) is 0 Å². The summed E-state index contributed by atoms with van der Waals surface area (Å²) in [5.74, 6) is 0. The van der Waals surface area contributed by atoms with Crippen molar-refractivity contribution >= 4 is 18.4 Å². The molecule has 2 saturated heterocycles. The smallest absolute Gasteiger partial charge is 0.203 e. The lowest BCUT2D eigenvalue weighted by atomic mass is 10.4. The van der Waals surface area contributed by atoms with Crippen molar-refractivity contribution in [3.05, 3.63) is 0 Å². The third-order valence-electron chi connectivity index (χ3n) is 3.20. The molecular formula is C10H23N4OPS. The fourth-order valence-corrected chi connectivity index (χ4v) is 6.05. The highest BCUT2D eigenvalue weighted by molar-refractivity contribution is 8.09. The first-order chi connectivity index (χ1) is 8.27. The van der Waals surface area contributed by atoms with E-state index in [1.54, 1.807) is 0 Å². The molecule has 0 bridgehead atoms. The van der Waals surface area contributed by atoms with Gasteiger partial charge in [-0.15, -0.1) is 0 Å². The number of nitrogens with zero attached hydrogens (tertiary/aromatic N) is 2. The summed E-state index contributed by atoms with van der Waals surface area (Å²) in [6.45, 7) is 8.97. The molecule has 0 aromatic rings. The number of hydrogen-bond acceptors (Lipinski definition) is 4. The van der Waals surface area contributed by atoms with E-state index in [9.17, 15) is 0 Å². The van der Waals surface area contributed by atoms with Crippen LogP contribution < -0.4 is 10.6 Å². The Morgan fingerprint density at radius 3 is 1.76 bits per heavy atom. The molecule has 0 aromatic heterocycles. The van der Waals surface area contributed by atoms with Crippen LogP contribution in [0.15, 0.2) is 0 Å². The summed E-state index contributed by atoms with van der Waals surface area (Å²) in [5.41, 5.74) is 0. The summed E-state index contributed by atoms with van der Waals surface area (Å²) < 4.78 is 10.8. The highest BCUT2D eigenvalue weighted by atomic mass is 32.5. The predicted molar refractivity (Wildman–Crippen MR) is 74.8 cm³/mol. The molecule has 100 valence electrons. The zero-order valence-electron chi connectivity index (χ0n) is 10.5. The summed E-state index contributed by atoms with van der Waals surface area (Å²) in [6.07, 6.45) is 0. The van der Waals surface area contributed by atoms with Crippen LogP contribution in [0.25, 0.3) is 0 Å². The van der Waals surface area contributed by atoms with E-state index < -0.39 is 6.57 Å². The normalized spacial score (nSPS) is 25.0. The van der Waals surface area contributed by atoms with Crippen LogP contribution >= 0.6 is 6.57 Å². The molecular weight excluding hydrogens is 255 g/mol. The van der Waals surface area contributed by atoms with Gasteiger partial charge in [-0.1, -0.05) is 0 Å². The van der Waals surface area contributed by atoms with Gasteiger partial charge in [0, 0.05) is 52.4 Å². The average Bonchev–Trinajstić information content (AvgIpc) is 2.41. The highest BCUT2D eigenvalue weighted by Crippen LogP contribution is 2.54. The Kier molecular flexibility index (Phi) is 5.36. The van der Waals surface area contributed by atoms with Crippen LogP contribution in [0.2, 0.25) is 0 Å². The molecule has 0 amide bonds. The maximum atomic E-state index is 6.03. The molecule has 0 radical (unpaired) electrons. The monoisotopic (exact) mass is 278 g/mol. The quantitative estimate of drug-likeness (QED) is 0.709. The van der Waals surface area contributed by atoms with Crippen LogP contribution in [0.5, 0.6) is 0 Å². The van der Waals surface area contributed by atoms with E-state index >= 15 is 0 Å². The van der Waals surface area contributed by atoms with E-state index in [0.717, 1.165) is 52.4 Å². The maximum absolute atomic E-state index is 6.03. The minimum absolute atomic E-state index is 0.713. The molecule has 0 spiro atoms.